The highest BCUT2D eigenvalue weighted by atomic mass is 19.4. The predicted octanol–water partition coefficient (Wildman–Crippen LogP) is 3.70. The van der Waals surface area contributed by atoms with Gasteiger partial charge in [-0.15, -0.1) is 0 Å². The first-order valence-electron chi connectivity index (χ1n) is 9.27. The van der Waals surface area contributed by atoms with E-state index in [0.717, 1.165) is 30.0 Å². The van der Waals surface area contributed by atoms with Crippen molar-refractivity contribution >= 4 is 17.4 Å². The van der Waals surface area contributed by atoms with Gasteiger partial charge in [0.2, 0.25) is 0 Å². The maximum Gasteiger partial charge on any atom is 0.416 e. The van der Waals surface area contributed by atoms with E-state index in [1.165, 1.54) is 12.1 Å². The fourth-order valence-electron chi connectivity index (χ4n) is 3.39. The van der Waals surface area contributed by atoms with E-state index < -0.39 is 11.7 Å². The third-order valence-corrected chi connectivity index (χ3v) is 5.00. The Kier molecular flexibility index (Phi) is 5.14. The van der Waals surface area contributed by atoms with Crippen molar-refractivity contribution in [1.29, 1.82) is 0 Å². The van der Waals surface area contributed by atoms with Crippen LogP contribution >= 0.6 is 0 Å². The number of aromatic nitrogens is 2. The maximum absolute atomic E-state index is 12.6. The number of pyridine rings is 1. The summed E-state index contributed by atoms with van der Waals surface area (Å²) in [6, 6.07) is 10.0. The lowest BCUT2D eigenvalue weighted by Gasteiger charge is -2.34. The van der Waals surface area contributed by atoms with Crippen LogP contribution in [-0.4, -0.2) is 51.4 Å². The Labute approximate surface area is 165 Å². The molecule has 0 spiro atoms. The summed E-state index contributed by atoms with van der Waals surface area (Å²) in [5.74, 6) is 0. The van der Waals surface area contributed by atoms with Crippen LogP contribution in [0.3, 0.4) is 0 Å². The van der Waals surface area contributed by atoms with Crippen LogP contribution in [0.5, 0.6) is 0 Å². The maximum atomic E-state index is 12.6. The summed E-state index contributed by atoms with van der Waals surface area (Å²) in [5, 5.41) is 2.66. The highest BCUT2D eigenvalue weighted by Crippen LogP contribution is 2.29. The molecule has 0 bridgehead atoms. The van der Waals surface area contributed by atoms with E-state index in [0.29, 0.717) is 31.9 Å². The van der Waals surface area contributed by atoms with E-state index in [1.54, 1.807) is 4.90 Å². The Morgan fingerprint density at radius 1 is 1.03 bits per heavy atom. The van der Waals surface area contributed by atoms with Gasteiger partial charge >= 0.3 is 12.2 Å². The second-order valence-electron chi connectivity index (χ2n) is 6.95. The standard InChI is InChI=1S/C20H20F3N5O/c21-20(22,23)15-4-6-16(7-5-15)25-19(29)27-11-9-26(10-12-27)14-17-13-24-18-3-1-2-8-28(17)18/h1-8,13H,9-12,14H2,(H,25,29). The van der Waals surface area contributed by atoms with Crippen molar-refractivity contribution in [3.8, 4) is 0 Å². The van der Waals surface area contributed by atoms with Gasteiger partial charge in [-0.2, -0.15) is 13.2 Å². The van der Waals surface area contributed by atoms with Gasteiger partial charge in [0.25, 0.3) is 0 Å². The lowest BCUT2D eigenvalue weighted by molar-refractivity contribution is -0.137. The molecule has 0 radical (unpaired) electrons. The number of imidazole rings is 1. The Hall–Kier alpha value is -3.07. The summed E-state index contributed by atoms with van der Waals surface area (Å²) >= 11 is 0. The molecule has 0 saturated carbocycles. The number of carbonyl (C=O) groups is 1. The lowest BCUT2D eigenvalue weighted by atomic mass is 10.2. The van der Waals surface area contributed by atoms with Crippen molar-refractivity contribution in [2.75, 3.05) is 31.5 Å². The molecule has 6 nitrogen and oxygen atoms in total. The van der Waals surface area contributed by atoms with Crippen molar-refractivity contribution < 1.29 is 18.0 Å². The highest BCUT2D eigenvalue weighted by molar-refractivity contribution is 5.89. The normalized spacial score (nSPS) is 15.6. The monoisotopic (exact) mass is 403 g/mol. The zero-order valence-electron chi connectivity index (χ0n) is 15.6. The zero-order valence-corrected chi connectivity index (χ0v) is 15.6. The fraction of sp³-hybridized carbons (Fsp3) is 0.300. The third kappa shape index (κ3) is 4.34. The van der Waals surface area contributed by atoms with Gasteiger partial charge < -0.3 is 14.6 Å². The number of benzene rings is 1. The number of rotatable bonds is 3. The molecule has 2 aromatic heterocycles. The first-order chi connectivity index (χ1) is 13.9. The largest absolute Gasteiger partial charge is 0.416 e. The number of urea groups is 1. The van der Waals surface area contributed by atoms with E-state index in [1.807, 2.05) is 35.0 Å². The van der Waals surface area contributed by atoms with Gasteiger partial charge in [-0.1, -0.05) is 6.07 Å². The number of nitrogens with one attached hydrogen (secondary N) is 1. The number of carbonyl (C=O) groups excluding carboxylic acids is 1. The average Bonchev–Trinajstić information content (AvgIpc) is 3.11. The molecule has 1 fully saturated rings. The Balaban J connectivity index is 1.30. The molecular weight excluding hydrogens is 383 g/mol. The van der Waals surface area contributed by atoms with Gasteiger partial charge in [-0.25, -0.2) is 9.78 Å². The summed E-state index contributed by atoms with van der Waals surface area (Å²) in [6.45, 7) is 3.24. The number of amides is 2. The van der Waals surface area contributed by atoms with Crippen molar-refractivity contribution in [1.82, 2.24) is 19.2 Å². The number of fused-ring (bicyclic) bond motifs is 1. The number of halogens is 3. The number of hydrogen-bond donors (Lipinski definition) is 1. The molecule has 0 aliphatic carbocycles. The Morgan fingerprint density at radius 2 is 1.76 bits per heavy atom. The molecule has 0 unspecified atom stereocenters. The number of hydrogen-bond acceptors (Lipinski definition) is 3. The van der Waals surface area contributed by atoms with E-state index in [9.17, 15) is 18.0 Å². The summed E-state index contributed by atoms with van der Waals surface area (Å²) in [4.78, 5) is 20.7. The summed E-state index contributed by atoms with van der Waals surface area (Å²) in [6.07, 6.45) is -0.551. The van der Waals surface area contributed by atoms with E-state index in [4.69, 9.17) is 0 Å². The quantitative estimate of drug-likeness (QED) is 0.726. The summed E-state index contributed by atoms with van der Waals surface area (Å²) in [7, 11) is 0. The molecule has 29 heavy (non-hydrogen) atoms. The van der Waals surface area contributed by atoms with Crippen LogP contribution < -0.4 is 5.32 Å². The van der Waals surface area contributed by atoms with Gasteiger partial charge in [0.1, 0.15) is 5.65 Å². The summed E-state index contributed by atoms with van der Waals surface area (Å²) < 4.78 is 39.9. The highest BCUT2D eigenvalue weighted by Gasteiger charge is 2.30. The molecule has 0 atom stereocenters. The zero-order chi connectivity index (χ0) is 20.4. The molecule has 3 heterocycles. The summed E-state index contributed by atoms with van der Waals surface area (Å²) in [5.41, 5.74) is 1.59. The molecule has 152 valence electrons. The molecule has 1 aliphatic rings. The molecule has 2 amide bonds. The van der Waals surface area contributed by atoms with Crippen LogP contribution in [0.15, 0.2) is 54.9 Å². The van der Waals surface area contributed by atoms with Gasteiger partial charge in [0.05, 0.1) is 17.5 Å². The second kappa shape index (κ2) is 7.75. The fourth-order valence-corrected chi connectivity index (χ4v) is 3.39. The SMILES string of the molecule is O=C(Nc1ccc(C(F)(F)F)cc1)N1CCN(Cc2cnc3ccccn23)CC1. The number of alkyl halides is 3. The van der Waals surface area contributed by atoms with Crippen LogP contribution in [-0.2, 0) is 12.7 Å². The molecular formula is C20H20F3N5O. The first kappa shape index (κ1) is 19.3. The van der Waals surface area contributed by atoms with E-state index in [-0.39, 0.29) is 6.03 Å². The molecule has 1 N–H and O–H groups in total. The van der Waals surface area contributed by atoms with E-state index in [2.05, 4.69) is 15.2 Å². The van der Waals surface area contributed by atoms with Gasteiger partial charge in [0, 0.05) is 44.6 Å². The molecule has 1 saturated heterocycles. The number of nitrogens with zero attached hydrogens (tertiary/aromatic N) is 4. The molecule has 3 aromatic rings. The smallest absolute Gasteiger partial charge is 0.322 e. The Bertz CT molecular complexity index is 991. The third-order valence-electron chi connectivity index (χ3n) is 5.00. The minimum absolute atomic E-state index is 0.306. The van der Waals surface area contributed by atoms with Crippen LogP contribution in [0.1, 0.15) is 11.3 Å². The van der Waals surface area contributed by atoms with Crippen LogP contribution in [0, 0.1) is 0 Å². The van der Waals surface area contributed by atoms with Gasteiger partial charge in [-0.3, -0.25) is 4.90 Å². The van der Waals surface area contributed by atoms with Crippen molar-refractivity contribution in [3.63, 3.8) is 0 Å². The first-order valence-corrected chi connectivity index (χ1v) is 9.27. The van der Waals surface area contributed by atoms with Crippen molar-refractivity contribution in [2.45, 2.75) is 12.7 Å². The topological polar surface area (TPSA) is 52.9 Å². The van der Waals surface area contributed by atoms with Crippen LogP contribution in [0.25, 0.3) is 5.65 Å². The number of anilines is 1. The van der Waals surface area contributed by atoms with Crippen molar-refractivity contribution in [2.24, 2.45) is 0 Å². The molecule has 4 rings (SSSR count). The number of piperazine rings is 1. The Morgan fingerprint density at radius 3 is 2.45 bits per heavy atom. The van der Waals surface area contributed by atoms with Crippen molar-refractivity contribution in [3.05, 3.63) is 66.1 Å². The van der Waals surface area contributed by atoms with Crippen LogP contribution in [0.4, 0.5) is 23.7 Å². The molecule has 1 aliphatic heterocycles. The second-order valence-corrected chi connectivity index (χ2v) is 6.95. The van der Waals surface area contributed by atoms with Crippen LogP contribution in [0.2, 0.25) is 0 Å². The minimum atomic E-state index is -4.39. The molecule has 9 heteroatoms. The average molecular weight is 403 g/mol. The van der Waals surface area contributed by atoms with Gasteiger partial charge in [-0.05, 0) is 36.4 Å². The van der Waals surface area contributed by atoms with E-state index >= 15 is 0 Å². The molecule has 1 aromatic carbocycles. The van der Waals surface area contributed by atoms with Gasteiger partial charge in [0.15, 0.2) is 0 Å². The predicted molar refractivity (Wildman–Crippen MR) is 103 cm³/mol. The minimum Gasteiger partial charge on any atom is -0.322 e. The lowest BCUT2D eigenvalue weighted by Crippen LogP contribution is -2.49.